The van der Waals surface area contributed by atoms with E-state index in [9.17, 15) is 5.11 Å². The number of benzene rings is 1. The van der Waals surface area contributed by atoms with Crippen LogP contribution in [-0.2, 0) is 0 Å². The lowest BCUT2D eigenvalue weighted by Gasteiger charge is -2.18. The summed E-state index contributed by atoms with van der Waals surface area (Å²) in [5.41, 5.74) is 7.39. The average Bonchev–Trinajstić information content (AvgIpc) is 2.79. The van der Waals surface area contributed by atoms with Crippen molar-refractivity contribution in [3.05, 3.63) is 29.8 Å². The Labute approximate surface area is 96.9 Å². The van der Waals surface area contributed by atoms with E-state index < -0.39 is 6.10 Å². The molecule has 3 N–H and O–H groups in total. The highest BCUT2D eigenvalue weighted by Crippen LogP contribution is 2.23. The van der Waals surface area contributed by atoms with Crippen LogP contribution in [0.4, 0.5) is 5.69 Å². The number of likely N-dealkylation sites (tertiary alicyclic amines) is 1. The van der Waals surface area contributed by atoms with Crippen LogP contribution in [-0.4, -0.2) is 29.6 Å². The van der Waals surface area contributed by atoms with Crippen molar-refractivity contribution < 1.29 is 5.11 Å². The zero-order chi connectivity index (χ0) is 11.4. The Morgan fingerprint density at radius 3 is 2.62 bits per heavy atom. The van der Waals surface area contributed by atoms with Crippen LogP contribution in [0.1, 0.15) is 30.9 Å². The molecule has 1 saturated heterocycles. The van der Waals surface area contributed by atoms with Crippen molar-refractivity contribution in [2.24, 2.45) is 0 Å². The van der Waals surface area contributed by atoms with Crippen molar-refractivity contribution in [3.63, 3.8) is 0 Å². The molecule has 16 heavy (non-hydrogen) atoms. The summed E-state index contributed by atoms with van der Waals surface area (Å²) in [4.78, 5) is 2.41. The minimum Gasteiger partial charge on any atom is -0.398 e. The van der Waals surface area contributed by atoms with Gasteiger partial charge in [-0.25, -0.2) is 0 Å². The van der Waals surface area contributed by atoms with Gasteiger partial charge >= 0.3 is 0 Å². The highest BCUT2D eigenvalue weighted by atomic mass is 16.3. The Hall–Kier alpha value is -1.06. The fourth-order valence-electron chi connectivity index (χ4n) is 2.28. The first-order valence-corrected chi connectivity index (χ1v) is 6.02. The van der Waals surface area contributed by atoms with Crippen LogP contribution in [0.2, 0.25) is 0 Å². The molecule has 88 valence electrons. The number of nitrogens with two attached hydrogens (primary N) is 1. The summed E-state index contributed by atoms with van der Waals surface area (Å²) in [6, 6.07) is 7.56. The third kappa shape index (κ3) is 2.74. The summed E-state index contributed by atoms with van der Waals surface area (Å²) >= 11 is 0. The van der Waals surface area contributed by atoms with Crippen LogP contribution in [0.5, 0.6) is 0 Å². The molecular weight excluding hydrogens is 200 g/mol. The second kappa shape index (κ2) is 5.32. The van der Waals surface area contributed by atoms with Crippen LogP contribution in [0, 0.1) is 0 Å². The van der Waals surface area contributed by atoms with Gasteiger partial charge in [-0.15, -0.1) is 0 Å². The summed E-state index contributed by atoms with van der Waals surface area (Å²) in [5, 5.41) is 10.1. The lowest BCUT2D eigenvalue weighted by Crippen LogP contribution is -2.22. The number of aliphatic hydroxyl groups is 1. The minimum absolute atomic E-state index is 0.429. The van der Waals surface area contributed by atoms with E-state index in [2.05, 4.69) is 4.90 Å². The van der Waals surface area contributed by atoms with E-state index in [1.54, 1.807) is 0 Å². The second-order valence-electron chi connectivity index (χ2n) is 4.48. The van der Waals surface area contributed by atoms with E-state index >= 15 is 0 Å². The van der Waals surface area contributed by atoms with E-state index in [1.807, 2.05) is 24.3 Å². The van der Waals surface area contributed by atoms with Gasteiger partial charge < -0.3 is 15.7 Å². The Kier molecular flexibility index (Phi) is 3.80. The molecule has 1 fully saturated rings. The fourth-order valence-corrected chi connectivity index (χ4v) is 2.28. The van der Waals surface area contributed by atoms with E-state index in [-0.39, 0.29) is 0 Å². The normalized spacial score (nSPS) is 18.8. The van der Waals surface area contributed by atoms with E-state index in [0.717, 1.165) is 18.5 Å². The molecule has 3 nitrogen and oxygen atoms in total. The number of hydrogen-bond donors (Lipinski definition) is 2. The molecule has 1 aliphatic heterocycles. The predicted octanol–water partition coefficient (Wildman–Crippen LogP) is 1.79. The maximum atomic E-state index is 10.1. The van der Waals surface area contributed by atoms with Gasteiger partial charge in [0.1, 0.15) is 0 Å². The zero-order valence-electron chi connectivity index (χ0n) is 9.60. The Morgan fingerprint density at radius 1 is 1.25 bits per heavy atom. The van der Waals surface area contributed by atoms with Gasteiger partial charge in [-0.3, -0.25) is 0 Å². The maximum Gasteiger partial charge on any atom is 0.0822 e. The molecule has 2 rings (SSSR count). The molecule has 0 spiro atoms. The summed E-state index contributed by atoms with van der Waals surface area (Å²) in [6.45, 7) is 3.32. The number of nitrogen functional groups attached to an aromatic ring is 1. The van der Waals surface area contributed by atoms with Crippen LogP contribution >= 0.6 is 0 Å². The first-order valence-electron chi connectivity index (χ1n) is 6.02. The van der Waals surface area contributed by atoms with Gasteiger partial charge in [0.25, 0.3) is 0 Å². The van der Waals surface area contributed by atoms with Gasteiger partial charge in [-0.2, -0.15) is 0 Å². The fraction of sp³-hybridized carbons (Fsp3) is 0.538. The number of hydrogen-bond acceptors (Lipinski definition) is 3. The minimum atomic E-state index is -0.429. The highest BCUT2D eigenvalue weighted by Gasteiger charge is 2.15. The Morgan fingerprint density at radius 2 is 1.94 bits per heavy atom. The van der Waals surface area contributed by atoms with Crippen molar-refractivity contribution in [1.29, 1.82) is 0 Å². The molecule has 0 aliphatic carbocycles. The number of anilines is 1. The topological polar surface area (TPSA) is 49.5 Å². The van der Waals surface area contributed by atoms with Gasteiger partial charge in [0.15, 0.2) is 0 Å². The third-order valence-electron chi connectivity index (χ3n) is 3.27. The molecule has 0 saturated carbocycles. The molecule has 3 heteroatoms. The summed E-state index contributed by atoms with van der Waals surface area (Å²) in [6.07, 6.45) is 2.93. The van der Waals surface area contributed by atoms with Gasteiger partial charge in [-0.05, 0) is 38.4 Å². The maximum absolute atomic E-state index is 10.1. The lowest BCUT2D eigenvalue weighted by atomic mass is 10.0. The smallest absolute Gasteiger partial charge is 0.0822 e. The lowest BCUT2D eigenvalue weighted by molar-refractivity contribution is 0.149. The van der Waals surface area contributed by atoms with Crippen molar-refractivity contribution in [1.82, 2.24) is 4.90 Å². The average molecular weight is 220 g/mol. The van der Waals surface area contributed by atoms with E-state index in [1.165, 1.54) is 25.9 Å². The Balaban J connectivity index is 1.87. The van der Waals surface area contributed by atoms with Crippen molar-refractivity contribution in [2.45, 2.75) is 25.4 Å². The van der Waals surface area contributed by atoms with Crippen LogP contribution in [0.25, 0.3) is 0 Å². The summed E-state index contributed by atoms with van der Waals surface area (Å²) < 4.78 is 0. The second-order valence-corrected chi connectivity index (χ2v) is 4.48. The summed E-state index contributed by atoms with van der Waals surface area (Å²) in [7, 11) is 0. The van der Waals surface area contributed by atoms with Crippen LogP contribution in [0.15, 0.2) is 24.3 Å². The standard InChI is InChI=1S/C13H20N2O/c14-12-6-2-1-5-11(12)13(16)7-10-15-8-3-4-9-15/h1-2,5-6,13,16H,3-4,7-10,14H2. The third-order valence-corrected chi connectivity index (χ3v) is 3.27. The van der Waals surface area contributed by atoms with E-state index in [4.69, 9.17) is 5.73 Å². The SMILES string of the molecule is Nc1ccccc1C(O)CCN1CCCC1. The van der Waals surface area contributed by atoms with Crippen LogP contribution < -0.4 is 5.73 Å². The van der Waals surface area contributed by atoms with Crippen molar-refractivity contribution in [3.8, 4) is 0 Å². The molecular formula is C13H20N2O. The van der Waals surface area contributed by atoms with Gasteiger partial charge in [0.05, 0.1) is 6.10 Å². The molecule has 1 aliphatic rings. The number of para-hydroxylation sites is 1. The molecule has 0 aromatic heterocycles. The molecule has 1 unspecified atom stereocenters. The summed E-state index contributed by atoms with van der Waals surface area (Å²) in [5.74, 6) is 0. The molecule has 1 heterocycles. The monoisotopic (exact) mass is 220 g/mol. The number of aliphatic hydroxyl groups excluding tert-OH is 1. The molecule has 1 aromatic rings. The largest absolute Gasteiger partial charge is 0.398 e. The van der Waals surface area contributed by atoms with Gasteiger partial charge in [0.2, 0.25) is 0 Å². The number of nitrogens with zero attached hydrogens (tertiary/aromatic N) is 1. The van der Waals surface area contributed by atoms with Crippen LogP contribution in [0.3, 0.4) is 0 Å². The molecule has 0 amide bonds. The van der Waals surface area contributed by atoms with Gasteiger partial charge in [-0.1, -0.05) is 18.2 Å². The number of rotatable bonds is 4. The first kappa shape index (κ1) is 11.4. The molecule has 1 aromatic carbocycles. The molecule has 0 bridgehead atoms. The highest BCUT2D eigenvalue weighted by molar-refractivity contribution is 5.47. The van der Waals surface area contributed by atoms with E-state index in [0.29, 0.717) is 5.69 Å². The van der Waals surface area contributed by atoms with Gasteiger partial charge in [0, 0.05) is 17.8 Å². The quantitative estimate of drug-likeness (QED) is 0.761. The van der Waals surface area contributed by atoms with Crippen molar-refractivity contribution in [2.75, 3.05) is 25.4 Å². The predicted molar refractivity (Wildman–Crippen MR) is 66.1 cm³/mol. The molecule has 0 radical (unpaired) electrons. The Bertz CT molecular complexity index is 334. The zero-order valence-corrected chi connectivity index (χ0v) is 9.60. The van der Waals surface area contributed by atoms with Crippen molar-refractivity contribution >= 4 is 5.69 Å². The first-order chi connectivity index (χ1) is 7.77. The molecule has 1 atom stereocenters.